The van der Waals surface area contributed by atoms with Crippen LogP contribution in [-0.2, 0) is 9.59 Å². The van der Waals surface area contributed by atoms with Gasteiger partial charge in [-0.2, -0.15) is 0 Å². The van der Waals surface area contributed by atoms with E-state index in [1.165, 1.54) is 12.1 Å². The van der Waals surface area contributed by atoms with E-state index in [0.717, 1.165) is 0 Å². The zero-order valence-electron chi connectivity index (χ0n) is 11.0. The summed E-state index contributed by atoms with van der Waals surface area (Å²) >= 11 is 0. The minimum absolute atomic E-state index is 0.0265. The van der Waals surface area contributed by atoms with Gasteiger partial charge in [0, 0.05) is 11.8 Å². The first kappa shape index (κ1) is 15.9. The van der Waals surface area contributed by atoms with Crippen molar-refractivity contribution in [3.8, 4) is 5.75 Å². The van der Waals surface area contributed by atoms with Gasteiger partial charge in [0.15, 0.2) is 0 Å². The number of anilines is 1. The first-order chi connectivity index (χ1) is 9.52. The number of phenolic OH excluding ortho intramolecular Hbond substituents is 1. The van der Waals surface area contributed by atoms with Crippen LogP contribution >= 0.6 is 0 Å². The van der Waals surface area contributed by atoms with E-state index in [9.17, 15) is 14.7 Å². The minimum Gasteiger partial charge on any atom is -0.508 e. The summed E-state index contributed by atoms with van der Waals surface area (Å²) in [6, 6.07) is 5.09. The van der Waals surface area contributed by atoms with E-state index < -0.39 is 17.9 Å². The van der Waals surface area contributed by atoms with Gasteiger partial charge in [-0.15, -0.1) is 0 Å². The number of hydrogen-bond donors (Lipinski definition) is 5. The number of carbonyl (C=O) groups is 2. The largest absolute Gasteiger partial charge is 0.508 e. The van der Waals surface area contributed by atoms with Gasteiger partial charge >= 0.3 is 5.97 Å². The summed E-state index contributed by atoms with van der Waals surface area (Å²) in [7, 11) is 0. The molecule has 7 heteroatoms. The Labute approximate surface area is 116 Å². The number of phenols is 1. The van der Waals surface area contributed by atoms with Gasteiger partial charge in [0.2, 0.25) is 5.91 Å². The summed E-state index contributed by atoms with van der Waals surface area (Å²) in [5.41, 5.74) is 5.74. The molecule has 6 N–H and O–H groups in total. The molecular formula is C13H19N3O4. The molecule has 7 nitrogen and oxygen atoms in total. The molecule has 110 valence electrons. The Balaban J connectivity index is 2.51. The molecule has 0 spiro atoms. The number of aromatic hydroxyl groups is 1. The molecule has 0 aromatic heterocycles. The quantitative estimate of drug-likeness (QED) is 0.431. The third-order valence-electron chi connectivity index (χ3n) is 2.59. The summed E-state index contributed by atoms with van der Waals surface area (Å²) in [5, 5.41) is 23.6. The van der Waals surface area contributed by atoms with Crippen molar-refractivity contribution in [1.29, 1.82) is 0 Å². The number of carboxylic acid groups (broad SMARTS) is 1. The van der Waals surface area contributed by atoms with E-state index in [1.54, 1.807) is 12.1 Å². The molecule has 0 bridgehead atoms. The number of amides is 1. The molecule has 1 aromatic rings. The molecule has 1 amide bonds. The van der Waals surface area contributed by atoms with Crippen molar-refractivity contribution >= 4 is 17.6 Å². The van der Waals surface area contributed by atoms with E-state index >= 15 is 0 Å². The highest BCUT2D eigenvalue weighted by Crippen LogP contribution is 2.15. The maximum atomic E-state index is 11.8. The normalized spacial score (nSPS) is 11.8. The van der Waals surface area contributed by atoms with Crippen LogP contribution in [-0.4, -0.2) is 41.2 Å². The maximum absolute atomic E-state index is 11.8. The van der Waals surface area contributed by atoms with Crippen LogP contribution in [0.25, 0.3) is 0 Å². The maximum Gasteiger partial charge on any atom is 0.321 e. The topological polar surface area (TPSA) is 125 Å². The number of rotatable bonds is 8. The Kier molecular flexibility index (Phi) is 6.48. The first-order valence-electron chi connectivity index (χ1n) is 6.28. The molecular weight excluding hydrogens is 262 g/mol. The van der Waals surface area contributed by atoms with E-state index in [2.05, 4.69) is 10.6 Å². The monoisotopic (exact) mass is 281 g/mol. The molecule has 0 aliphatic heterocycles. The lowest BCUT2D eigenvalue weighted by molar-refractivity contribution is -0.141. The SMILES string of the molecule is NCCCN[C@H](CC(=O)Nc1cccc(O)c1)C(=O)O. The molecule has 0 radical (unpaired) electrons. The number of nitrogens with two attached hydrogens (primary N) is 1. The Bertz CT molecular complexity index is 465. The summed E-state index contributed by atoms with van der Waals surface area (Å²) in [4.78, 5) is 22.8. The number of carboxylic acids is 1. The van der Waals surface area contributed by atoms with E-state index in [0.29, 0.717) is 25.2 Å². The lowest BCUT2D eigenvalue weighted by atomic mass is 10.2. The van der Waals surface area contributed by atoms with Gasteiger partial charge in [-0.05, 0) is 31.6 Å². The number of carbonyl (C=O) groups excluding carboxylic acids is 1. The molecule has 0 unspecified atom stereocenters. The Hall–Kier alpha value is -2.12. The van der Waals surface area contributed by atoms with Crippen molar-refractivity contribution in [2.75, 3.05) is 18.4 Å². The number of nitrogens with one attached hydrogen (secondary N) is 2. The Morgan fingerprint density at radius 3 is 2.70 bits per heavy atom. The van der Waals surface area contributed by atoms with Crippen molar-refractivity contribution in [2.24, 2.45) is 5.73 Å². The lowest BCUT2D eigenvalue weighted by Gasteiger charge is -2.14. The van der Waals surface area contributed by atoms with Gasteiger partial charge in [0.25, 0.3) is 0 Å². The van der Waals surface area contributed by atoms with Gasteiger partial charge < -0.3 is 26.6 Å². The van der Waals surface area contributed by atoms with Crippen LogP contribution in [0.2, 0.25) is 0 Å². The molecule has 1 atom stereocenters. The van der Waals surface area contributed by atoms with Gasteiger partial charge in [-0.25, -0.2) is 0 Å². The van der Waals surface area contributed by atoms with Gasteiger partial charge in [0.1, 0.15) is 11.8 Å². The average Bonchev–Trinajstić information content (AvgIpc) is 2.37. The van der Waals surface area contributed by atoms with Crippen LogP contribution in [0.3, 0.4) is 0 Å². The fourth-order valence-corrected chi connectivity index (χ4v) is 1.61. The Morgan fingerprint density at radius 2 is 2.10 bits per heavy atom. The second-order valence-electron chi connectivity index (χ2n) is 4.29. The second-order valence-corrected chi connectivity index (χ2v) is 4.29. The predicted octanol–water partition coefficient (Wildman–Crippen LogP) is 0.112. The summed E-state index contributed by atoms with van der Waals surface area (Å²) < 4.78 is 0. The second kappa shape index (κ2) is 8.13. The molecule has 0 fully saturated rings. The number of hydrogen-bond acceptors (Lipinski definition) is 5. The van der Waals surface area contributed by atoms with E-state index in [1.807, 2.05) is 0 Å². The minimum atomic E-state index is -1.09. The van der Waals surface area contributed by atoms with Crippen molar-refractivity contribution in [1.82, 2.24) is 5.32 Å². The third-order valence-corrected chi connectivity index (χ3v) is 2.59. The smallest absolute Gasteiger partial charge is 0.321 e. The molecule has 0 aliphatic carbocycles. The zero-order chi connectivity index (χ0) is 15.0. The highest BCUT2D eigenvalue weighted by atomic mass is 16.4. The van der Waals surface area contributed by atoms with Gasteiger partial charge in [0.05, 0.1) is 6.42 Å². The highest BCUT2D eigenvalue weighted by molar-refractivity contribution is 5.94. The number of benzene rings is 1. The van der Waals surface area contributed by atoms with Crippen LogP contribution in [0.5, 0.6) is 5.75 Å². The van der Waals surface area contributed by atoms with Crippen LogP contribution in [0.4, 0.5) is 5.69 Å². The fourth-order valence-electron chi connectivity index (χ4n) is 1.61. The third kappa shape index (κ3) is 5.68. The lowest BCUT2D eigenvalue weighted by Crippen LogP contribution is -2.40. The van der Waals surface area contributed by atoms with Crippen molar-refractivity contribution in [3.63, 3.8) is 0 Å². The predicted molar refractivity (Wildman–Crippen MR) is 74.5 cm³/mol. The van der Waals surface area contributed by atoms with Crippen LogP contribution in [0.1, 0.15) is 12.8 Å². The van der Waals surface area contributed by atoms with Crippen molar-refractivity contribution in [3.05, 3.63) is 24.3 Å². The molecule has 0 heterocycles. The van der Waals surface area contributed by atoms with Crippen LogP contribution < -0.4 is 16.4 Å². The molecule has 0 saturated heterocycles. The molecule has 20 heavy (non-hydrogen) atoms. The van der Waals surface area contributed by atoms with Crippen LogP contribution in [0.15, 0.2) is 24.3 Å². The highest BCUT2D eigenvalue weighted by Gasteiger charge is 2.20. The summed E-state index contributed by atoms with van der Waals surface area (Å²) in [6.45, 7) is 0.891. The first-order valence-corrected chi connectivity index (χ1v) is 6.28. The summed E-state index contributed by atoms with van der Waals surface area (Å²) in [5.74, 6) is -1.50. The van der Waals surface area contributed by atoms with E-state index in [4.69, 9.17) is 10.8 Å². The standard InChI is InChI=1S/C13H19N3O4/c14-5-2-6-15-11(13(19)20)8-12(18)16-9-3-1-4-10(17)7-9/h1,3-4,7,11,15,17H,2,5-6,8,14H2,(H,16,18)(H,19,20)/t11-/m1/s1. The molecule has 0 saturated carbocycles. The van der Waals surface area contributed by atoms with Gasteiger partial charge in [-0.1, -0.05) is 6.07 Å². The zero-order valence-corrected chi connectivity index (χ0v) is 11.0. The van der Waals surface area contributed by atoms with Crippen molar-refractivity contribution < 1.29 is 19.8 Å². The Morgan fingerprint density at radius 1 is 1.35 bits per heavy atom. The molecule has 1 rings (SSSR count). The van der Waals surface area contributed by atoms with Crippen LogP contribution in [0, 0.1) is 0 Å². The van der Waals surface area contributed by atoms with Gasteiger partial charge in [-0.3, -0.25) is 9.59 Å². The summed E-state index contributed by atoms with van der Waals surface area (Å²) in [6.07, 6.45) is 0.438. The van der Waals surface area contributed by atoms with Crippen molar-refractivity contribution in [2.45, 2.75) is 18.9 Å². The molecule has 1 aromatic carbocycles. The number of aliphatic carboxylic acids is 1. The molecule has 0 aliphatic rings. The van der Waals surface area contributed by atoms with E-state index in [-0.39, 0.29) is 12.2 Å². The average molecular weight is 281 g/mol. The fraction of sp³-hybridized carbons (Fsp3) is 0.385.